The first-order valence-electron chi connectivity index (χ1n) is 9.56. The second-order valence-electron chi connectivity index (χ2n) is 6.86. The van der Waals surface area contributed by atoms with Crippen LogP contribution in [-0.4, -0.2) is 25.7 Å². The Labute approximate surface area is 162 Å². The Hall–Kier alpha value is -2.69. The molecule has 0 bridgehead atoms. The van der Waals surface area contributed by atoms with Gasteiger partial charge in [-0.1, -0.05) is 39.3 Å². The van der Waals surface area contributed by atoms with Gasteiger partial charge in [0.15, 0.2) is 0 Å². The Morgan fingerprint density at radius 2 is 1.67 bits per heavy atom. The Kier molecular flexibility index (Phi) is 8.49. The Balaban J connectivity index is 1.82. The number of benzene rings is 2. The van der Waals surface area contributed by atoms with E-state index in [4.69, 9.17) is 9.47 Å². The third-order valence-corrected chi connectivity index (χ3v) is 3.75. The summed E-state index contributed by atoms with van der Waals surface area (Å²) in [6.45, 7) is 7.87. The van der Waals surface area contributed by atoms with Crippen LogP contribution in [0.5, 0.6) is 11.5 Å². The minimum Gasteiger partial charge on any atom is -0.494 e. The Bertz CT molecular complexity index is 716. The topological polar surface area (TPSA) is 59.6 Å². The molecule has 0 aromatic heterocycles. The molecule has 0 aliphatic rings. The van der Waals surface area contributed by atoms with Crippen molar-refractivity contribution < 1.29 is 14.3 Å². The molecule has 0 aliphatic heterocycles. The molecule has 0 saturated carbocycles. The van der Waals surface area contributed by atoms with Gasteiger partial charge in [-0.15, -0.1) is 0 Å². The quantitative estimate of drug-likeness (QED) is 0.549. The van der Waals surface area contributed by atoms with Crippen LogP contribution in [0.4, 0.5) is 11.4 Å². The predicted octanol–water partition coefficient (Wildman–Crippen LogP) is 4.95. The van der Waals surface area contributed by atoms with Gasteiger partial charge in [0.2, 0.25) is 5.91 Å². The highest BCUT2D eigenvalue weighted by molar-refractivity contribution is 5.93. The van der Waals surface area contributed by atoms with Crippen LogP contribution in [0.3, 0.4) is 0 Å². The van der Waals surface area contributed by atoms with E-state index in [9.17, 15) is 4.79 Å². The molecule has 5 nitrogen and oxygen atoms in total. The average Bonchev–Trinajstić information content (AvgIpc) is 2.66. The highest BCUT2D eigenvalue weighted by Gasteiger charge is 2.05. The maximum absolute atomic E-state index is 12.2. The first kappa shape index (κ1) is 20.6. The van der Waals surface area contributed by atoms with Crippen molar-refractivity contribution in [2.75, 3.05) is 30.4 Å². The molecule has 0 atom stereocenters. The van der Waals surface area contributed by atoms with Gasteiger partial charge in [-0.25, -0.2) is 0 Å². The highest BCUT2D eigenvalue weighted by atomic mass is 16.5. The smallest absolute Gasteiger partial charge is 0.243 e. The zero-order valence-corrected chi connectivity index (χ0v) is 16.5. The van der Waals surface area contributed by atoms with Crippen molar-refractivity contribution >= 4 is 17.3 Å². The van der Waals surface area contributed by atoms with Gasteiger partial charge in [-0.05, 0) is 36.6 Å². The lowest BCUT2D eigenvalue weighted by Gasteiger charge is -2.12. The molecule has 5 heteroatoms. The molecule has 2 aromatic rings. The summed E-state index contributed by atoms with van der Waals surface area (Å²) >= 11 is 0. The summed E-state index contributed by atoms with van der Waals surface area (Å²) in [7, 11) is 0. The second-order valence-corrected chi connectivity index (χ2v) is 6.86. The molecular formula is C22H30N2O3. The molecule has 0 unspecified atom stereocenters. The summed E-state index contributed by atoms with van der Waals surface area (Å²) in [5, 5.41) is 6.01. The van der Waals surface area contributed by atoms with E-state index in [1.54, 1.807) is 0 Å². The Morgan fingerprint density at radius 1 is 1.00 bits per heavy atom. The van der Waals surface area contributed by atoms with Gasteiger partial charge in [0.05, 0.1) is 19.8 Å². The standard InChI is InChI=1S/C22H30N2O3/c1-4-5-12-26-20-10-7-9-19(14-20)24-22(25)15-23-18-8-6-11-21(13-18)27-16-17(2)3/h6-11,13-14,17,23H,4-5,12,15-16H2,1-3H3,(H,24,25). The number of carbonyl (C=O) groups excluding carboxylic acids is 1. The van der Waals surface area contributed by atoms with Gasteiger partial charge in [-0.3, -0.25) is 4.79 Å². The number of hydrogen-bond acceptors (Lipinski definition) is 4. The van der Waals surface area contributed by atoms with Crippen LogP contribution in [0.15, 0.2) is 48.5 Å². The normalized spacial score (nSPS) is 10.5. The molecule has 2 rings (SSSR count). The number of unbranched alkanes of at least 4 members (excludes halogenated alkanes) is 1. The minimum absolute atomic E-state index is 0.116. The summed E-state index contributed by atoms with van der Waals surface area (Å²) in [4.78, 5) is 12.2. The van der Waals surface area contributed by atoms with E-state index in [2.05, 4.69) is 31.4 Å². The van der Waals surface area contributed by atoms with Crippen LogP contribution in [-0.2, 0) is 4.79 Å². The molecule has 2 N–H and O–H groups in total. The van der Waals surface area contributed by atoms with Gasteiger partial charge < -0.3 is 20.1 Å². The zero-order chi connectivity index (χ0) is 19.5. The molecule has 2 aromatic carbocycles. The first-order valence-corrected chi connectivity index (χ1v) is 9.56. The number of ether oxygens (including phenoxy) is 2. The average molecular weight is 370 g/mol. The van der Waals surface area contributed by atoms with Crippen LogP contribution < -0.4 is 20.1 Å². The van der Waals surface area contributed by atoms with Gasteiger partial charge in [0, 0.05) is 23.5 Å². The van der Waals surface area contributed by atoms with Crippen LogP contribution >= 0.6 is 0 Å². The van der Waals surface area contributed by atoms with Crippen molar-refractivity contribution in [2.45, 2.75) is 33.6 Å². The summed E-state index contributed by atoms with van der Waals surface area (Å²) in [6, 6.07) is 15.1. The number of rotatable bonds is 11. The van der Waals surface area contributed by atoms with Crippen LogP contribution in [0.25, 0.3) is 0 Å². The number of amides is 1. The molecule has 27 heavy (non-hydrogen) atoms. The molecule has 0 spiro atoms. The monoisotopic (exact) mass is 370 g/mol. The summed E-state index contributed by atoms with van der Waals surface area (Å²) in [5.74, 6) is 1.92. The van der Waals surface area contributed by atoms with Crippen molar-refractivity contribution in [1.82, 2.24) is 0 Å². The molecule has 1 amide bonds. The predicted molar refractivity (Wildman–Crippen MR) is 111 cm³/mol. The largest absolute Gasteiger partial charge is 0.494 e. The third-order valence-electron chi connectivity index (χ3n) is 3.75. The fourth-order valence-electron chi connectivity index (χ4n) is 2.34. The third kappa shape index (κ3) is 8.03. The highest BCUT2D eigenvalue weighted by Crippen LogP contribution is 2.19. The van der Waals surface area contributed by atoms with E-state index in [0.717, 1.165) is 35.7 Å². The number of hydrogen-bond donors (Lipinski definition) is 2. The molecule has 0 heterocycles. The molecule has 0 saturated heterocycles. The number of nitrogens with one attached hydrogen (secondary N) is 2. The van der Waals surface area contributed by atoms with Crippen molar-refractivity contribution in [3.8, 4) is 11.5 Å². The molecular weight excluding hydrogens is 340 g/mol. The fraction of sp³-hybridized carbons (Fsp3) is 0.409. The van der Waals surface area contributed by atoms with Gasteiger partial charge in [0.25, 0.3) is 0 Å². The lowest BCUT2D eigenvalue weighted by molar-refractivity contribution is -0.114. The van der Waals surface area contributed by atoms with Crippen LogP contribution in [0, 0.1) is 5.92 Å². The first-order chi connectivity index (χ1) is 13.1. The van der Waals surface area contributed by atoms with Gasteiger partial charge in [-0.2, -0.15) is 0 Å². The van der Waals surface area contributed by atoms with Crippen molar-refractivity contribution in [3.05, 3.63) is 48.5 Å². The zero-order valence-electron chi connectivity index (χ0n) is 16.5. The number of carbonyl (C=O) groups is 1. The molecule has 0 radical (unpaired) electrons. The van der Waals surface area contributed by atoms with E-state index in [0.29, 0.717) is 19.1 Å². The van der Waals surface area contributed by atoms with E-state index in [-0.39, 0.29) is 12.5 Å². The molecule has 0 fully saturated rings. The molecule has 0 aliphatic carbocycles. The number of anilines is 2. The maximum Gasteiger partial charge on any atom is 0.243 e. The second kappa shape index (κ2) is 11.1. The van der Waals surface area contributed by atoms with Gasteiger partial charge in [0.1, 0.15) is 11.5 Å². The van der Waals surface area contributed by atoms with Crippen molar-refractivity contribution in [2.24, 2.45) is 5.92 Å². The van der Waals surface area contributed by atoms with Crippen LogP contribution in [0.2, 0.25) is 0 Å². The van der Waals surface area contributed by atoms with Crippen molar-refractivity contribution in [1.29, 1.82) is 0 Å². The summed E-state index contributed by atoms with van der Waals surface area (Å²) in [6.07, 6.45) is 2.10. The fourth-order valence-corrected chi connectivity index (χ4v) is 2.34. The SMILES string of the molecule is CCCCOc1cccc(NC(=O)CNc2cccc(OCC(C)C)c2)c1. The van der Waals surface area contributed by atoms with E-state index in [1.807, 2.05) is 48.5 Å². The minimum atomic E-state index is -0.116. The van der Waals surface area contributed by atoms with Gasteiger partial charge >= 0.3 is 0 Å². The summed E-state index contributed by atoms with van der Waals surface area (Å²) in [5.41, 5.74) is 1.58. The maximum atomic E-state index is 12.2. The van der Waals surface area contributed by atoms with E-state index in [1.165, 1.54) is 0 Å². The summed E-state index contributed by atoms with van der Waals surface area (Å²) < 4.78 is 11.4. The molecule has 146 valence electrons. The van der Waals surface area contributed by atoms with E-state index < -0.39 is 0 Å². The van der Waals surface area contributed by atoms with E-state index >= 15 is 0 Å². The Morgan fingerprint density at radius 3 is 2.37 bits per heavy atom. The lowest BCUT2D eigenvalue weighted by Crippen LogP contribution is -2.21. The van der Waals surface area contributed by atoms with Crippen molar-refractivity contribution in [3.63, 3.8) is 0 Å². The van der Waals surface area contributed by atoms with Crippen LogP contribution in [0.1, 0.15) is 33.6 Å². The lowest BCUT2D eigenvalue weighted by atomic mass is 10.2.